The number of nitriles is 2. The van der Waals surface area contributed by atoms with Crippen molar-refractivity contribution in [3.8, 4) is 12.1 Å². The van der Waals surface area contributed by atoms with E-state index in [9.17, 15) is 0 Å². The Labute approximate surface area is 429 Å². The molecule has 0 aromatic heterocycles. The molecule has 0 spiro atoms. The van der Waals surface area contributed by atoms with Gasteiger partial charge in [-0.05, 0) is 33.4 Å². The average Bonchev–Trinajstić information content (AvgIpc) is 3.20. The Morgan fingerprint density at radius 3 is 0.765 bits per heavy atom. The minimum Gasteiger partial charge on any atom is -1.00 e. The number of nitrogens with one attached hydrogen (secondary N) is 6. The topological polar surface area (TPSA) is 404 Å². The van der Waals surface area contributed by atoms with E-state index in [4.69, 9.17) is 62.8 Å². The molecule has 0 radical (unpaired) electrons. The molecule has 0 saturated carbocycles. The first-order chi connectivity index (χ1) is 30.4. The zero-order valence-electron chi connectivity index (χ0n) is 37.8. The number of rotatable bonds is 0. The van der Waals surface area contributed by atoms with E-state index in [0.29, 0.717) is 0 Å². The van der Waals surface area contributed by atoms with E-state index in [1.165, 1.54) is 47.2 Å². The predicted molar refractivity (Wildman–Crippen MR) is 218 cm³/mol. The van der Waals surface area contributed by atoms with Gasteiger partial charge in [-0.3, -0.25) is 9.80 Å². The fourth-order valence-electron chi connectivity index (χ4n) is 6.04. The molecule has 68 heavy (non-hydrogen) atoms. The van der Waals surface area contributed by atoms with Crippen molar-refractivity contribution in [2.24, 2.45) is 0 Å². The van der Waals surface area contributed by atoms with E-state index in [0.717, 1.165) is 118 Å². The van der Waals surface area contributed by atoms with Gasteiger partial charge in [-0.2, -0.15) is 10.5 Å². The summed E-state index contributed by atoms with van der Waals surface area (Å²) in [4.78, 5) is 13.6. The van der Waals surface area contributed by atoms with Gasteiger partial charge in [0.05, 0.1) is 12.1 Å². The molecule has 0 aliphatic carbocycles. The molecule has 0 fully saturated rings. The summed E-state index contributed by atoms with van der Waals surface area (Å²) in [6.07, 6.45) is -2.08. The number of fused-ring (bicyclic) bond motifs is 18. The van der Waals surface area contributed by atoms with Crippen LogP contribution in [0.25, 0.3) is 0 Å². The molecule has 10 N–H and O–H groups in total. The van der Waals surface area contributed by atoms with Gasteiger partial charge in [-0.15, -0.1) is 20.5 Å². The van der Waals surface area contributed by atoms with Crippen LogP contribution in [0.4, 0.5) is 4.79 Å². The molecule has 27 heteroatoms. The Hall–Kier alpha value is -2.91. The van der Waals surface area contributed by atoms with Crippen LogP contribution in [0.3, 0.4) is 0 Å². The van der Waals surface area contributed by atoms with Gasteiger partial charge in [0, 0.05) is 132 Å². The molecule has 3 aliphatic rings. The van der Waals surface area contributed by atoms with E-state index in [1.807, 2.05) is 0 Å². The molecule has 3 aromatic rings. The maximum absolute atomic E-state index is 8.49. The summed E-state index contributed by atoms with van der Waals surface area (Å²) < 4.78 is 67.9. The quantitative estimate of drug-likeness (QED) is 0.0812. The van der Waals surface area contributed by atoms with E-state index < -0.39 is 26.6 Å². The van der Waals surface area contributed by atoms with Crippen molar-refractivity contribution < 1.29 is 124 Å². The number of carbonyl (C=O) groups is 1. The zero-order chi connectivity index (χ0) is 48.1. The van der Waals surface area contributed by atoms with Crippen LogP contribution in [-0.2, 0) is 77.7 Å². The number of benzene rings is 3. The van der Waals surface area contributed by atoms with Crippen molar-refractivity contribution in [1.29, 1.82) is 10.5 Å². The van der Waals surface area contributed by atoms with Crippen LogP contribution < -0.4 is 86.7 Å². The number of nitrogens with zero attached hydrogens (tertiary/aromatic N) is 4. The van der Waals surface area contributed by atoms with Crippen LogP contribution in [-0.4, -0.2) is 99.6 Å². The summed E-state index contributed by atoms with van der Waals surface area (Å²) in [6, 6.07) is 30.5. The Balaban J connectivity index is -0.000000469. The Bertz CT molecular complexity index is 1490. The Kier molecular flexibility index (Phi) is 50.6. The molecule has 3 aliphatic heterocycles. The molecule has 6 rings (SSSR count). The third-order valence-corrected chi connectivity index (χ3v) is 8.58. The van der Waals surface area contributed by atoms with Crippen molar-refractivity contribution in [3.05, 3.63) is 106 Å². The second-order valence-corrected chi connectivity index (χ2v) is 15.2. The summed E-state index contributed by atoms with van der Waals surface area (Å²) in [5.74, 6) is 0. The molecule has 3 aromatic carbocycles. The van der Waals surface area contributed by atoms with Gasteiger partial charge in [0.15, 0.2) is 0 Å². The third-order valence-electron chi connectivity index (χ3n) is 8.58. The fraction of sp³-hybridized carbons (Fsp3) is 0.488. The molecule has 22 nitrogen and oxygen atoms in total. The van der Waals surface area contributed by atoms with Crippen LogP contribution in [0.15, 0.2) is 72.8 Å². The smallest absolute Gasteiger partial charge is 1.00 e. The first-order valence-corrected chi connectivity index (χ1v) is 22.5. The van der Waals surface area contributed by atoms with Crippen LogP contribution in [0.2, 0.25) is 0 Å². The second kappa shape index (κ2) is 46.5. The number of hydrogen-bond donors (Lipinski definition) is 7. The molecule has 3 heterocycles. The SMILES string of the molecule is CC#N.CC#N.O=C([O-])O.[Cl-].[Ni+2].[Ni+2].[O-][Cl+3]([O-])([O-])[O-].[O-][Cl+3]([O-])([O-])[O-].[OH3+].c1cc2cc(c1)CNCCN1CCNCc3cccc(c3)CNCCN(CCNC2)CCNCc2cccc(c2)CNCC1. The van der Waals surface area contributed by atoms with Crippen LogP contribution in [0.1, 0.15) is 47.2 Å². The standard InChI is InChI=1S/C36H54N8.2C2H3N.CH2O3.2ClHO4.ClH.2Ni.H2O/c1-4-31-22-32(5-1)26-38-11-17-44-19-13-40-28-34-7-2-6-33(23-34)27-39-12-18-43(16-10-37-25-31)20-14-41-29-35-8-3-9-36(24-35)30-42-15-21-44;2*1-2-3;2-1(3)4;2*2-1(3,4)5;;;;/h1-9,22-24,37-42H,10-21,25-30H2;2*1H3;(H2,2,3,4);2*(H,2,3,4,5);1H;;;1H2/q;;;;;;;2*+2;/p-3. The van der Waals surface area contributed by atoms with Gasteiger partial charge in [0.2, 0.25) is 6.16 Å². The van der Waals surface area contributed by atoms with Gasteiger partial charge in [-0.25, -0.2) is 37.3 Å². The van der Waals surface area contributed by atoms with E-state index >= 15 is 0 Å². The van der Waals surface area contributed by atoms with Crippen molar-refractivity contribution in [2.45, 2.75) is 53.1 Å². The minimum absolute atomic E-state index is 0. The van der Waals surface area contributed by atoms with Gasteiger partial charge < -0.3 is 64.8 Å². The Morgan fingerprint density at radius 2 is 0.632 bits per heavy atom. The molecule has 0 saturated heterocycles. The zero-order valence-corrected chi connectivity index (χ0v) is 42.1. The summed E-state index contributed by atoms with van der Waals surface area (Å²) in [5, 5.41) is 52.2. The largest absolute Gasteiger partial charge is 2.00 e. The summed E-state index contributed by atoms with van der Waals surface area (Å²) in [6.45, 7) is 20.3. The van der Waals surface area contributed by atoms with E-state index in [1.54, 1.807) is 12.1 Å². The van der Waals surface area contributed by atoms with Gasteiger partial charge >= 0.3 is 33.0 Å². The summed E-state index contributed by atoms with van der Waals surface area (Å²) in [5.41, 5.74) is 8.12. The van der Waals surface area contributed by atoms with Crippen molar-refractivity contribution in [2.75, 3.05) is 78.5 Å². The molecule has 0 amide bonds. The third kappa shape index (κ3) is 51.0. The van der Waals surface area contributed by atoms with Crippen LogP contribution in [0.5, 0.6) is 0 Å². The molecule has 0 atom stereocenters. The number of hydrogen-bond acceptors (Lipinski definition) is 20. The van der Waals surface area contributed by atoms with Crippen LogP contribution in [0, 0.1) is 43.1 Å². The van der Waals surface area contributed by atoms with Crippen molar-refractivity contribution in [1.82, 2.24) is 41.7 Å². The fourth-order valence-corrected chi connectivity index (χ4v) is 6.04. The first kappa shape index (κ1) is 74.0. The van der Waals surface area contributed by atoms with Gasteiger partial charge in [0.1, 0.15) is 0 Å². The van der Waals surface area contributed by atoms with Crippen LogP contribution >= 0.6 is 0 Å². The molecule has 390 valence electrons. The maximum atomic E-state index is 8.49. The Morgan fingerprint density at radius 1 is 0.500 bits per heavy atom. The summed E-state index contributed by atoms with van der Waals surface area (Å²) >= 11 is 0. The molecule has 0 unspecified atom stereocenters. The van der Waals surface area contributed by atoms with E-state index in [2.05, 4.69) is 114 Å². The first-order valence-electron chi connectivity index (χ1n) is 20.0. The van der Waals surface area contributed by atoms with Gasteiger partial charge in [0.25, 0.3) is 0 Å². The summed E-state index contributed by atoms with van der Waals surface area (Å²) in [7, 11) is -9.89. The number of halogens is 3. The minimum atomic E-state index is -4.94. The second-order valence-electron chi connectivity index (χ2n) is 13.7. The maximum Gasteiger partial charge on any atom is 2.00 e. The predicted octanol–water partition coefficient (Wildman–Crippen LogP) is -11.2. The molecule has 8 bridgehead atoms. The normalized spacial score (nSPS) is 17.0. The van der Waals surface area contributed by atoms with Crippen molar-refractivity contribution >= 4 is 6.16 Å². The molecular formula is C41H64Cl3N10Ni2O12+. The van der Waals surface area contributed by atoms with E-state index in [-0.39, 0.29) is 50.9 Å². The monoisotopic (exact) mass is 1110 g/mol. The number of carboxylic acid groups (broad SMARTS) is 2. The molecular weight excluding hydrogens is 1050 g/mol. The van der Waals surface area contributed by atoms with Gasteiger partial charge in [-0.1, -0.05) is 72.8 Å². The van der Waals surface area contributed by atoms with Crippen molar-refractivity contribution in [3.63, 3.8) is 0 Å². The average molecular weight is 1110 g/mol.